The number of carboxylic acid groups (broad SMARTS) is 2. The van der Waals surface area contributed by atoms with Crippen LogP contribution in [0.25, 0.3) is 0 Å². The number of hydrogen-bond acceptors (Lipinski definition) is 7. The molecule has 7 N–H and O–H groups in total. The van der Waals surface area contributed by atoms with Crippen LogP contribution < -0.4 is 21.7 Å². The average molecular weight is 539 g/mol. The second-order valence-electron chi connectivity index (χ2n) is 8.84. The van der Waals surface area contributed by atoms with E-state index >= 15 is 0 Å². The topological polar surface area (TPSA) is 188 Å². The van der Waals surface area contributed by atoms with Crippen molar-refractivity contribution in [1.29, 1.82) is 0 Å². The number of nitrogens with two attached hydrogens (primary N) is 1. The number of carboxylic acids is 2. The van der Waals surface area contributed by atoms with Crippen LogP contribution in [0.1, 0.15) is 45.1 Å². The summed E-state index contributed by atoms with van der Waals surface area (Å²) in [6.07, 6.45) is 2.17. The number of hydrogen-bond donors (Lipinski definition) is 6. The fourth-order valence-electron chi connectivity index (χ4n) is 3.46. The van der Waals surface area contributed by atoms with E-state index in [0.29, 0.717) is 18.6 Å². The van der Waals surface area contributed by atoms with Crippen molar-refractivity contribution in [3.63, 3.8) is 0 Å². The van der Waals surface area contributed by atoms with Crippen molar-refractivity contribution in [3.05, 3.63) is 35.9 Å². The van der Waals surface area contributed by atoms with Crippen molar-refractivity contribution in [1.82, 2.24) is 16.0 Å². The van der Waals surface area contributed by atoms with E-state index in [0.717, 1.165) is 5.56 Å². The van der Waals surface area contributed by atoms with Gasteiger partial charge in [0, 0.05) is 12.8 Å². The first-order valence-corrected chi connectivity index (χ1v) is 13.5. The van der Waals surface area contributed by atoms with Gasteiger partial charge in [-0.3, -0.25) is 19.2 Å². The zero-order chi connectivity index (χ0) is 28.0. The number of aliphatic carboxylic acids is 2. The molecule has 0 spiro atoms. The molecule has 0 heterocycles. The van der Waals surface area contributed by atoms with Gasteiger partial charge in [-0.1, -0.05) is 50.6 Å². The Morgan fingerprint density at radius 1 is 0.919 bits per heavy atom. The van der Waals surface area contributed by atoms with Crippen LogP contribution in [0.15, 0.2) is 30.3 Å². The van der Waals surface area contributed by atoms with Crippen molar-refractivity contribution in [2.75, 3.05) is 12.0 Å². The Morgan fingerprint density at radius 2 is 1.51 bits per heavy atom. The van der Waals surface area contributed by atoms with Crippen LogP contribution in [0.3, 0.4) is 0 Å². The highest BCUT2D eigenvalue weighted by molar-refractivity contribution is 7.98. The van der Waals surface area contributed by atoms with Crippen molar-refractivity contribution in [2.24, 2.45) is 11.7 Å². The van der Waals surface area contributed by atoms with Gasteiger partial charge in [-0.25, -0.2) is 4.79 Å². The van der Waals surface area contributed by atoms with E-state index in [1.807, 2.05) is 6.26 Å². The first-order chi connectivity index (χ1) is 17.5. The Labute approximate surface area is 221 Å². The molecule has 11 nitrogen and oxygen atoms in total. The fourth-order valence-corrected chi connectivity index (χ4v) is 3.95. The molecule has 0 aliphatic heterocycles. The Balaban J connectivity index is 3.13. The van der Waals surface area contributed by atoms with Crippen molar-refractivity contribution in [2.45, 2.75) is 70.1 Å². The maximum Gasteiger partial charge on any atom is 0.326 e. The van der Waals surface area contributed by atoms with Crippen LogP contribution in [0.2, 0.25) is 0 Å². The molecule has 0 fully saturated rings. The number of amides is 3. The van der Waals surface area contributed by atoms with Crippen LogP contribution in [0.4, 0.5) is 0 Å². The lowest BCUT2D eigenvalue weighted by molar-refractivity contribution is -0.144. The van der Waals surface area contributed by atoms with E-state index < -0.39 is 66.2 Å². The van der Waals surface area contributed by atoms with Crippen LogP contribution in [0, 0.1) is 5.92 Å². The molecule has 5 atom stereocenters. The summed E-state index contributed by atoms with van der Waals surface area (Å²) in [7, 11) is 0. The van der Waals surface area contributed by atoms with Crippen LogP contribution >= 0.6 is 11.8 Å². The maximum atomic E-state index is 13.3. The van der Waals surface area contributed by atoms with E-state index in [1.54, 1.807) is 44.2 Å². The maximum absolute atomic E-state index is 13.3. The van der Waals surface area contributed by atoms with Gasteiger partial charge in [0.05, 0.1) is 6.04 Å². The van der Waals surface area contributed by atoms with E-state index in [9.17, 15) is 29.1 Å². The van der Waals surface area contributed by atoms with Crippen LogP contribution in [0.5, 0.6) is 0 Å². The first kappa shape index (κ1) is 31.9. The molecule has 0 aliphatic carbocycles. The third-order valence-corrected chi connectivity index (χ3v) is 6.59. The van der Waals surface area contributed by atoms with E-state index in [4.69, 9.17) is 10.8 Å². The molecule has 5 unspecified atom stereocenters. The minimum Gasteiger partial charge on any atom is -0.481 e. The van der Waals surface area contributed by atoms with Crippen LogP contribution in [-0.4, -0.2) is 76.0 Å². The van der Waals surface area contributed by atoms with Gasteiger partial charge in [0.15, 0.2) is 0 Å². The van der Waals surface area contributed by atoms with Crippen molar-refractivity contribution in [3.8, 4) is 0 Å². The lowest BCUT2D eigenvalue weighted by atomic mass is 9.98. The second-order valence-corrected chi connectivity index (χ2v) is 9.83. The smallest absolute Gasteiger partial charge is 0.326 e. The zero-order valence-electron chi connectivity index (χ0n) is 21.4. The number of rotatable bonds is 17. The standard InChI is InChI=1S/C25H38N4O7S/c1-4-15(2)21(25(35)36)29-23(33)18(10-11-20(30)31)27-24(34)19(14-16-8-6-5-7-9-16)28-22(32)17(26)12-13-37-3/h5-9,15,17-19,21H,4,10-14,26H2,1-3H3,(H,27,34)(H,28,32)(H,29,33)(H,30,31)(H,35,36). The Bertz CT molecular complexity index is 916. The minimum absolute atomic E-state index is 0.103. The number of carbonyl (C=O) groups is 5. The van der Waals surface area contributed by atoms with Gasteiger partial charge in [0.1, 0.15) is 18.1 Å². The number of carbonyl (C=O) groups excluding carboxylic acids is 3. The minimum atomic E-state index is -1.32. The lowest BCUT2D eigenvalue weighted by Gasteiger charge is -2.26. The summed E-state index contributed by atoms with van der Waals surface area (Å²) < 4.78 is 0. The first-order valence-electron chi connectivity index (χ1n) is 12.1. The zero-order valence-corrected chi connectivity index (χ0v) is 22.3. The number of benzene rings is 1. The third kappa shape index (κ3) is 11.6. The highest BCUT2D eigenvalue weighted by atomic mass is 32.2. The van der Waals surface area contributed by atoms with Gasteiger partial charge in [-0.05, 0) is 36.3 Å². The molecule has 0 aliphatic rings. The molecule has 1 rings (SSSR count). The molecule has 0 radical (unpaired) electrons. The quantitative estimate of drug-likeness (QED) is 0.166. The number of thioether (sulfide) groups is 1. The lowest BCUT2D eigenvalue weighted by Crippen LogP contribution is -2.58. The van der Waals surface area contributed by atoms with Gasteiger partial charge in [0.25, 0.3) is 0 Å². The van der Waals surface area contributed by atoms with Gasteiger partial charge < -0.3 is 31.9 Å². The molecule has 1 aromatic carbocycles. The largest absolute Gasteiger partial charge is 0.481 e. The van der Waals surface area contributed by atoms with Crippen molar-refractivity contribution >= 4 is 41.4 Å². The molecule has 0 saturated heterocycles. The summed E-state index contributed by atoms with van der Waals surface area (Å²) in [4.78, 5) is 61.7. The fraction of sp³-hybridized carbons (Fsp3) is 0.560. The van der Waals surface area contributed by atoms with Crippen LogP contribution in [-0.2, 0) is 30.4 Å². The molecule has 206 valence electrons. The summed E-state index contributed by atoms with van der Waals surface area (Å²) in [6.45, 7) is 3.44. The summed E-state index contributed by atoms with van der Waals surface area (Å²) >= 11 is 1.53. The molecule has 1 aromatic rings. The van der Waals surface area contributed by atoms with E-state index in [-0.39, 0.29) is 12.8 Å². The molecular formula is C25H38N4O7S. The molecule has 0 bridgehead atoms. The molecule has 3 amide bonds. The Hall–Kier alpha value is -3.12. The normalized spacial score (nSPS) is 14.9. The highest BCUT2D eigenvalue weighted by Gasteiger charge is 2.32. The summed E-state index contributed by atoms with van der Waals surface area (Å²) in [6, 6.07) is 4.44. The third-order valence-electron chi connectivity index (χ3n) is 5.94. The van der Waals surface area contributed by atoms with E-state index in [1.165, 1.54) is 11.8 Å². The summed E-state index contributed by atoms with van der Waals surface area (Å²) in [5.41, 5.74) is 6.70. The molecule has 0 aromatic heterocycles. The predicted octanol–water partition coefficient (Wildman–Crippen LogP) is 0.759. The van der Waals surface area contributed by atoms with Gasteiger partial charge in [-0.2, -0.15) is 11.8 Å². The van der Waals surface area contributed by atoms with Gasteiger partial charge in [0.2, 0.25) is 17.7 Å². The Morgan fingerprint density at radius 3 is 2.05 bits per heavy atom. The summed E-state index contributed by atoms with van der Waals surface area (Å²) in [5.74, 6) is -4.22. The SMILES string of the molecule is CCC(C)C(NC(=O)C(CCC(=O)O)NC(=O)C(Cc1ccccc1)NC(=O)C(N)CCSC)C(=O)O. The highest BCUT2D eigenvalue weighted by Crippen LogP contribution is 2.10. The number of nitrogens with one attached hydrogen (secondary N) is 3. The van der Waals surface area contributed by atoms with E-state index in [2.05, 4.69) is 16.0 Å². The average Bonchev–Trinajstić information content (AvgIpc) is 2.87. The molecule has 0 saturated carbocycles. The molecule has 37 heavy (non-hydrogen) atoms. The predicted molar refractivity (Wildman–Crippen MR) is 141 cm³/mol. The molecular weight excluding hydrogens is 500 g/mol. The molecule has 12 heteroatoms. The second kappa shape index (κ2) is 16.6. The van der Waals surface area contributed by atoms with Crippen molar-refractivity contribution < 1.29 is 34.2 Å². The Kier molecular flexibility index (Phi) is 14.3. The summed E-state index contributed by atoms with van der Waals surface area (Å²) in [5, 5.41) is 26.2. The monoisotopic (exact) mass is 538 g/mol. The van der Waals surface area contributed by atoms with Gasteiger partial charge in [-0.15, -0.1) is 0 Å². The van der Waals surface area contributed by atoms with Gasteiger partial charge >= 0.3 is 11.9 Å².